The van der Waals surface area contributed by atoms with Gasteiger partial charge in [-0.1, -0.05) is 49.0 Å². The summed E-state index contributed by atoms with van der Waals surface area (Å²) < 4.78 is 0. The van der Waals surface area contributed by atoms with Crippen LogP contribution in [0, 0.1) is 0 Å². The smallest absolute Gasteiger partial charge is 0.0223 e. The summed E-state index contributed by atoms with van der Waals surface area (Å²) in [5, 5.41) is 1.16. The molecule has 0 rings (SSSR count). The molecule has 0 saturated heterocycles. The Morgan fingerprint density at radius 2 is 1.55 bits per heavy atom. The number of halogens is 2. The first kappa shape index (κ1) is 14.3. The lowest BCUT2D eigenvalue weighted by molar-refractivity contribution is 0.776. The Morgan fingerprint density at radius 1 is 1.00 bits per heavy atom. The Hall–Kier alpha value is 0.770. The summed E-state index contributed by atoms with van der Waals surface area (Å²) in [6.45, 7) is 4.35. The molecular weight excluding hydrogens is 223 g/mol. The third kappa shape index (κ3) is 24.9. The first-order chi connectivity index (χ1) is 5.33. The van der Waals surface area contributed by atoms with E-state index in [2.05, 4.69) is 29.8 Å². The van der Waals surface area contributed by atoms with E-state index in [0.717, 1.165) is 11.2 Å². The van der Waals surface area contributed by atoms with Gasteiger partial charge in [-0.05, 0) is 12.8 Å². The molecule has 0 heterocycles. The second kappa shape index (κ2) is 17.0. The van der Waals surface area contributed by atoms with Gasteiger partial charge in [0.05, 0.1) is 0 Å². The SMILES string of the molecule is CCCCBr.CCCCCCl. The molecule has 0 aromatic carbocycles. The highest BCUT2D eigenvalue weighted by molar-refractivity contribution is 9.09. The lowest BCUT2D eigenvalue weighted by Gasteiger charge is -1.84. The van der Waals surface area contributed by atoms with Gasteiger partial charge < -0.3 is 0 Å². The summed E-state index contributed by atoms with van der Waals surface area (Å²) in [5.41, 5.74) is 0. The molecule has 0 aliphatic heterocycles. The molecule has 0 atom stereocenters. The molecule has 0 saturated carbocycles. The summed E-state index contributed by atoms with van der Waals surface area (Å²) in [6.07, 6.45) is 6.33. The van der Waals surface area contributed by atoms with Crippen molar-refractivity contribution in [1.82, 2.24) is 0 Å². The van der Waals surface area contributed by atoms with Crippen molar-refractivity contribution in [3.63, 3.8) is 0 Å². The quantitative estimate of drug-likeness (QED) is 0.489. The maximum absolute atomic E-state index is 5.38. The Morgan fingerprint density at radius 3 is 1.64 bits per heavy atom. The maximum Gasteiger partial charge on any atom is 0.0223 e. The molecule has 0 aromatic rings. The summed E-state index contributed by atoms with van der Waals surface area (Å²) in [6, 6.07) is 0. The molecule has 0 radical (unpaired) electrons. The van der Waals surface area contributed by atoms with E-state index in [1.165, 1.54) is 32.1 Å². The molecule has 0 aromatic heterocycles. The van der Waals surface area contributed by atoms with Crippen molar-refractivity contribution < 1.29 is 0 Å². The van der Waals surface area contributed by atoms with Crippen LogP contribution in [0.15, 0.2) is 0 Å². The van der Waals surface area contributed by atoms with Crippen molar-refractivity contribution in [3.05, 3.63) is 0 Å². The maximum atomic E-state index is 5.38. The van der Waals surface area contributed by atoms with Crippen LogP contribution in [0.25, 0.3) is 0 Å². The lowest BCUT2D eigenvalue weighted by atomic mass is 10.3. The summed E-state index contributed by atoms with van der Waals surface area (Å²) in [5.74, 6) is 0.827. The standard InChI is InChI=1S/C5H11Cl.C4H9Br/c1-2-3-4-5-6;1-2-3-4-5/h2-5H2,1H3;2-4H2,1H3. The highest BCUT2D eigenvalue weighted by Gasteiger charge is 1.76. The Balaban J connectivity index is 0. The molecule has 0 unspecified atom stereocenters. The zero-order chi connectivity index (χ0) is 8.95. The van der Waals surface area contributed by atoms with Gasteiger partial charge in [0.25, 0.3) is 0 Å². The number of alkyl halides is 2. The van der Waals surface area contributed by atoms with Gasteiger partial charge in [-0.2, -0.15) is 0 Å². The lowest BCUT2D eigenvalue weighted by Crippen LogP contribution is -1.70. The van der Waals surface area contributed by atoms with E-state index in [4.69, 9.17) is 11.6 Å². The predicted octanol–water partition coefficient (Wildman–Crippen LogP) is 4.60. The van der Waals surface area contributed by atoms with Gasteiger partial charge in [0.15, 0.2) is 0 Å². The van der Waals surface area contributed by atoms with Crippen molar-refractivity contribution in [2.24, 2.45) is 0 Å². The molecule has 2 heteroatoms. The summed E-state index contributed by atoms with van der Waals surface area (Å²) in [7, 11) is 0. The van der Waals surface area contributed by atoms with E-state index in [1.807, 2.05) is 0 Å². The van der Waals surface area contributed by atoms with E-state index < -0.39 is 0 Å². The third-order valence-electron chi connectivity index (χ3n) is 1.22. The molecule has 0 bridgehead atoms. The van der Waals surface area contributed by atoms with Gasteiger partial charge in [0.2, 0.25) is 0 Å². The van der Waals surface area contributed by atoms with Crippen LogP contribution in [-0.2, 0) is 0 Å². The number of hydrogen-bond acceptors (Lipinski definition) is 0. The Kier molecular flexibility index (Phi) is 22.1. The number of unbranched alkanes of at least 4 members (excludes halogenated alkanes) is 3. The van der Waals surface area contributed by atoms with Gasteiger partial charge in [0, 0.05) is 11.2 Å². The van der Waals surface area contributed by atoms with Gasteiger partial charge in [-0.3, -0.25) is 0 Å². The fourth-order valence-electron chi connectivity index (χ4n) is 0.478. The summed E-state index contributed by atoms with van der Waals surface area (Å²) >= 11 is 8.69. The fourth-order valence-corrected chi connectivity index (χ4v) is 1.23. The molecule has 0 nitrogen and oxygen atoms in total. The van der Waals surface area contributed by atoms with E-state index in [9.17, 15) is 0 Å². The Labute approximate surface area is 84.8 Å². The molecule has 11 heavy (non-hydrogen) atoms. The second-order valence-corrected chi connectivity index (χ2v) is 3.61. The fraction of sp³-hybridized carbons (Fsp3) is 1.00. The van der Waals surface area contributed by atoms with Crippen LogP contribution in [0.2, 0.25) is 0 Å². The van der Waals surface area contributed by atoms with Crippen LogP contribution in [-0.4, -0.2) is 11.2 Å². The minimum atomic E-state index is 0.827. The molecule has 0 fully saturated rings. The van der Waals surface area contributed by atoms with Crippen molar-refractivity contribution in [2.75, 3.05) is 11.2 Å². The van der Waals surface area contributed by atoms with Gasteiger partial charge in [0.1, 0.15) is 0 Å². The molecule has 0 spiro atoms. The normalized spacial score (nSPS) is 8.73. The van der Waals surface area contributed by atoms with Crippen LogP contribution in [0.1, 0.15) is 46.0 Å². The first-order valence-electron chi connectivity index (χ1n) is 4.45. The van der Waals surface area contributed by atoms with Crippen LogP contribution in [0.5, 0.6) is 0 Å². The second-order valence-electron chi connectivity index (χ2n) is 2.44. The monoisotopic (exact) mass is 242 g/mol. The Bertz CT molecular complexity index is 42.8. The van der Waals surface area contributed by atoms with E-state index in [1.54, 1.807) is 0 Å². The molecule has 0 amide bonds. The highest BCUT2D eigenvalue weighted by atomic mass is 79.9. The van der Waals surface area contributed by atoms with E-state index in [0.29, 0.717) is 0 Å². The van der Waals surface area contributed by atoms with E-state index in [-0.39, 0.29) is 0 Å². The highest BCUT2D eigenvalue weighted by Crippen LogP contribution is 1.93. The average Bonchev–Trinajstić information content (AvgIpc) is 2.04. The van der Waals surface area contributed by atoms with Crippen molar-refractivity contribution in [1.29, 1.82) is 0 Å². The van der Waals surface area contributed by atoms with Crippen LogP contribution in [0.3, 0.4) is 0 Å². The van der Waals surface area contributed by atoms with Crippen LogP contribution >= 0.6 is 27.5 Å². The van der Waals surface area contributed by atoms with Gasteiger partial charge in [-0.15, -0.1) is 11.6 Å². The molecule has 0 N–H and O–H groups in total. The molecule has 0 aliphatic rings. The number of rotatable bonds is 5. The zero-order valence-corrected chi connectivity index (χ0v) is 10.0. The van der Waals surface area contributed by atoms with Crippen molar-refractivity contribution >= 4 is 27.5 Å². The van der Waals surface area contributed by atoms with E-state index >= 15 is 0 Å². The van der Waals surface area contributed by atoms with Gasteiger partial charge in [-0.25, -0.2) is 0 Å². The van der Waals surface area contributed by atoms with Crippen molar-refractivity contribution in [2.45, 2.75) is 46.0 Å². The first-order valence-corrected chi connectivity index (χ1v) is 6.10. The molecular formula is C9H20BrCl. The average molecular weight is 244 g/mol. The number of hydrogen-bond donors (Lipinski definition) is 0. The zero-order valence-electron chi connectivity index (χ0n) is 7.71. The van der Waals surface area contributed by atoms with Crippen LogP contribution < -0.4 is 0 Å². The molecule has 0 aliphatic carbocycles. The van der Waals surface area contributed by atoms with Crippen LogP contribution in [0.4, 0.5) is 0 Å². The minimum absolute atomic E-state index is 0.827. The van der Waals surface area contributed by atoms with Gasteiger partial charge >= 0.3 is 0 Å². The minimum Gasteiger partial charge on any atom is -0.127 e. The molecule has 70 valence electrons. The van der Waals surface area contributed by atoms with Crippen molar-refractivity contribution in [3.8, 4) is 0 Å². The third-order valence-corrected chi connectivity index (χ3v) is 2.05. The predicted molar refractivity (Wildman–Crippen MR) is 58.9 cm³/mol. The largest absolute Gasteiger partial charge is 0.127 e. The summed E-state index contributed by atoms with van der Waals surface area (Å²) in [4.78, 5) is 0. The topological polar surface area (TPSA) is 0 Å².